The van der Waals surface area contributed by atoms with Crippen molar-refractivity contribution in [2.75, 3.05) is 5.32 Å². The van der Waals surface area contributed by atoms with Gasteiger partial charge in [-0.15, -0.1) is 0 Å². The Bertz CT molecular complexity index is 407. The number of nitrogens with one attached hydrogen (secondary N) is 1. The Morgan fingerprint density at radius 1 is 1.59 bits per heavy atom. The largest absolute Gasteiger partial charge is 0.322 e. The first-order valence-corrected chi connectivity index (χ1v) is 5.96. The number of carbonyl (C=O) groups excluding carboxylic acids is 1. The predicted octanol–water partition coefficient (Wildman–Crippen LogP) is 2.36. The highest BCUT2D eigenvalue weighted by Crippen LogP contribution is 2.20. The van der Waals surface area contributed by atoms with E-state index in [1.807, 2.05) is 20.8 Å². The van der Waals surface area contributed by atoms with Crippen molar-refractivity contribution in [2.24, 2.45) is 11.7 Å². The van der Waals surface area contributed by atoms with E-state index in [0.29, 0.717) is 18.0 Å². The number of anilines is 1. The summed E-state index contributed by atoms with van der Waals surface area (Å²) in [6, 6.07) is 1.25. The van der Waals surface area contributed by atoms with Crippen molar-refractivity contribution < 1.29 is 4.79 Å². The summed E-state index contributed by atoms with van der Waals surface area (Å²) < 4.78 is 0. The molecule has 0 unspecified atom stereocenters. The summed E-state index contributed by atoms with van der Waals surface area (Å²) >= 11 is 5.88. The molecule has 0 aliphatic carbocycles. The number of amides is 1. The van der Waals surface area contributed by atoms with Crippen LogP contribution in [0.3, 0.4) is 0 Å². The number of nitrogens with two attached hydrogens (primary N) is 1. The topological polar surface area (TPSA) is 68.0 Å². The van der Waals surface area contributed by atoms with E-state index >= 15 is 0 Å². The molecule has 1 atom stereocenters. The summed E-state index contributed by atoms with van der Waals surface area (Å²) in [6.07, 6.45) is 2.29. The van der Waals surface area contributed by atoms with Gasteiger partial charge in [-0.05, 0) is 30.9 Å². The van der Waals surface area contributed by atoms with Gasteiger partial charge in [0.05, 0.1) is 11.7 Å². The van der Waals surface area contributed by atoms with Gasteiger partial charge in [-0.3, -0.25) is 4.79 Å². The van der Waals surface area contributed by atoms with E-state index in [1.165, 1.54) is 0 Å². The van der Waals surface area contributed by atoms with Crippen LogP contribution >= 0.6 is 11.6 Å². The van der Waals surface area contributed by atoms with Crippen LogP contribution in [0.1, 0.15) is 25.8 Å². The summed E-state index contributed by atoms with van der Waals surface area (Å²) in [7, 11) is 0. The van der Waals surface area contributed by atoms with E-state index in [-0.39, 0.29) is 11.1 Å². The van der Waals surface area contributed by atoms with Gasteiger partial charge in [0.15, 0.2) is 5.15 Å². The van der Waals surface area contributed by atoms with Crippen LogP contribution in [0.4, 0.5) is 5.69 Å². The molecule has 94 valence electrons. The first-order valence-electron chi connectivity index (χ1n) is 5.58. The number of pyridine rings is 1. The van der Waals surface area contributed by atoms with Crippen LogP contribution in [-0.2, 0) is 4.79 Å². The van der Waals surface area contributed by atoms with Gasteiger partial charge < -0.3 is 11.1 Å². The summed E-state index contributed by atoms with van der Waals surface area (Å²) in [6.45, 7) is 5.93. The van der Waals surface area contributed by atoms with Crippen molar-refractivity contribution in [3.63, 3.8) is 0 Å². The fraction of sp³-hybridized carbons (Fsp3) is 0.500. The average molecular weight is 256 g/mol. The standard InChI is InChI=1S/C12H18ClN3O/c1-7(2)4-9(14)12(17)16-10-5-8(3)6-15-11(10)13/h5-7,9H,4,14H2,1-3H3,(H,16,17)/t9-/m1/s1. The van der Waals surface area contributed by atoms with Gasteiger partial charge >= 0.3 is 0 Å². The molecule has 1 rings (SSSR count). The molecule has 0 saturated heterocycles. The third-order valence-electron chi connectivity index (χ3n) is 2.30. The smallest absolute Gasteiger partial charge is 0.241 e. The second kappa shape index (κ2) is 5.98. The van der Waals surface area contributed by atoms with E-state index in [0.717, 1.165) is 5.56 Å². The number of aryl methyl sites for hydroxylation is 1. The van der Waals surface area contributed by atoms with Gasteiger partial charge in [-0.1, -0.05) is 25.4 Å². The zero-order valence-corrected chi connectivity index (χ0v) is 11.1. The molecule has 0 fully saturated rings. The lowest BCUT2D eigenvalue weighted by Crippen LogP contribution is -2.36. The van der Waals surface area contributed by atoms with Gasteiger partial charge in [0.2, 0.25) is 5.91 Å². The van der Waals surface area contributed by atoms with Crippen LogP contribution in [0.5, 0.6) is 0 Å². The number of halogens is 1. The molecule has 0 aliphatic heterocycles. The monoisotopic (exact) mass is 255 g/mol. The molecule has 5 heteroatoms. The Hall–Kier alpha value is -1.13. The number of carbonyl (C=O) groups is 1. The van der Waals surface area contributed by atoms with Crippen LogP contribution in [-0.4, -0.2) is 16.9 Å². The van der Waals surface area contributed by atoms with Crippen molar-refractivity contribution in [3.8, 4) is 0 Å². The minimum Gasteiger partial charge on any atom is -0.322 e. The maximum absolute atomic E-state index is 11.8. The molecule has 0 aliphatic rings. The lowest BCUT2D eigenvalue weighted by molar-refractivity contribution is -0.117. The van der Waals surface area contributed by atoms with Gasteiger partial charge in [0, 0.05) is 6.20 Å². The Kier molecular flexibility index (Phi) is 4.90. The molecule has 1 aromatic heterocycles. The zero-order valence-electron chi connectivity index (χ0n) is 10.3. The van der Waals surface area contributed by atoms with Crippen molar-refractivity contribution in [2.45, 2.75) is 33.2 Å². The van der Waals surface area contributed by atoms with E-state index in [2.05, 4.69) is 10.3 Å². The molecule has 0 aromatic carbocycles. The summed E-state index contributed by atoms with van der Waals surface area (Å²) in [5, 5.41) is 2.98. The second-order valence-corrected chi connectivity index (χ2v) is 4.93. The lowest BCUT2D eigenvalue weighted by Gasteiger charge is -2.14. The van der Waals surface area contributed by atoms with Crippen LogP contribution in [0.25, 0.3) is 0 Å². The molecular formula is C12H18ClN3O. The number of hydrogen-bond donors (Lipinski definition) is 2. The lowest BCUT2D eigenvalue weighted by atomic mass is 10.0. The minimum absolute atomic E-state index is 0.229. The average Bonchev–Trinajstić information content (AvgIpc) is 2.22. The highest BCUT2D eigenvalue weighted by atomic mass is 35.5. The van der Waals surface area contributed by atoms with Crippen molar-refractivity contribution in [3.05, 3.63) is 23.0 Å². The first kappa shape index (κ1) is 13.9. The second-order valence-electron chi connectivity index (χ2n) is 4.58. The summed E-state index contributed by atoms with van der Waals surface area (Å²) in [5.74, 6) is 0.148. The normalized spacial score (nSPS) is 12.6. The molecule has 3 N–H and O–H groups in total. The summed E-state index contributed by atoms with van der Waals surface area (Å²) in [5.41, 5.74) is 7.22. The van der Waals surface area contributed by atoms with Crippen molar-refractivity contribution >= 4 is 23.2 Å². The van der Waals surface area contributed by atoms with Gasteiger partial charge in [0.1, 0.15) is 0 Å². The van der Waals surface area contributed by atoms with Crippen LogP contribution in [0.15, 0.2) is 12.3 Å². The molecule has 0 bridgehead atoms. The third kappa shape index (κ3) is 4.32. The third-order valence-corrected chi connectivity index (χ3v) is 2.60. The van der Waals surface area contributed by atoms with Crippen molar-refractivity contribution in [1.82, 2.24) is 4.98 Å². The van der Waals surface area contributed by atoms with E-state index in [9.17, 15) is 4.79 Å². The number of aromatic nitrogens is 1. The zero-order chi connectivity index (χ0) is 13.0. The Morgan fingerprint density at radius 3 is 2.82 bits per heavy atom. The van der Waals surface area contributed by atoms with E-state index in [4.69, 9.17) is 17.3 Å². The Labute approximate surface area is 107 Å². The van der Waals surface area contributed by atoms with Crippen LogP contribution < -0.4 is 11.1 Å². The van der Waals surface area contributed by atoms with Crippen LogP contribution in [0, 0.1) is 12.8 Å². The molecule has 0 saturated carbocycles. The number of rotatable bonds is 4. The molecule has 17 heavy (non-hydrogen) atoms. The molecule has 0 radical (unpaired) electrons. The number of nitrogens with zero attached hydrogens (tertiary/aromatic N) is 1. The molecular weight excluding hydrogens is 238 g/mol. The van der Waals surface area contributed by atoms with Gasteiger partial charge in [-0.25, -0.2) is 4.98 Å². The highest BCUT2D eigenvalue weighted by molar-refractivity contribution is 6.32. The fourth-order valence-corrected chi connectivity index (χ4v) is 1.63. The van der Waals surface area contributed by atoms with Crippen molar-refractivity contribution in [1.29, 1.82) is 0 Å². The molecule has 1 amide bonds. The maximum Gasteiger partial charge on any atom is 0.241 e. The van der Waals surface area contributed by atoms with Crippen LogP contribution in [0.2, 0.25) is 5.15 Å². The minimum atomic E-state index is -0.522. The number of hydrogen-bond acceptors (Lipinski definition) is 3. The predicted molar refractivity (Wildman–Crippen MR) is 70.0 cm³/mol. The first-order chi connectivity index (χ1) is 7.90. The molecule has 1 heterocycles. The SMILES string of the molecule is Cc1cnc(Cl)c(NC(=O)[C@H](N)CC(C)C)c1. The van der Waals surface area contributed by atoms with E-state index in [1.54, 1.807) is 12.3 Å². The van der Waals surface area contributed by atoms with Gasteiger partial charge in [0.25, 0.3) is 0 Å². The fourth-order valence-electron chi connectivity index (χ4n) is 1.48. The van der Waals surface area contributed by atoms with Gasteiger partial charge in [-0.2, -0.15) is 0 Å². The van der Waals surface area contributed by atoms with E-state index < -0.39 is 6.04 Å². The quantitative estimate of drug-likeness (QED) is 0.812. The highest BCUT2D eigenvalue weighted by Gasteiger charge is 2.16. The Morgan fingerprint density at radius 2 is 2.24 bits per heavy atom. The Balaban J connectivity index is 2.70. The summed E-state index contributed by atoms with van der Waals surface area (Å²) in [4.78, 5) is 15.8. The maximum atomic E-state index is 11.8. The molecule has 1 aromatic rings. The molecule has 0 spiro atoms. The molecule has 4 nitrogen and oxygen atoms in total.